The molecule has 1 saturated heterocycles. The van der Waals surface area contributed by atoms with Crippen LogP contribution in [-0.2, 0) is 0 Å². The number of thiocarbonyl (C=S) groups is 1. The van der Waals surface area contributed by atoms with Gasteiger partial charge in [-0.25, -0.2) is 0 Å². The van der Waals surface area contributed by atoms with Gasteiger partial charge >= 0.3 is 0 Å². The zero-order valence-corrected chi connectivity index (χ0v) is 9.78. The molecule has 14 heavy (non-hydrogen) atoms. The first kappa shape index (κ1) is 11.4. The standard InChI is InChI=1S/C12H19NS/c1-4-8-12(3,5-2)11(14)13-9-6-7-10-13/h4-5H,1-2,6-10H2,3H3. The van der Waals surface area contributed by atoms with Gasteiger partial charge in [0.05, 0.1) is 4.99 Å². The van der Waals surface area contributed by atoms with Gasteiger partial charge in [-0.15, -0.1) is 13.2 Å². The van der Waals surface area contributed by atoms with Gasteiger partial charge in [-0.05, 0) is 26.2 Å². The second-order valence-electron chi connectivity index (χ2n) is 4.11. The van der Waals surface area contributed by atoms with E-state index in [1.807, 2.05) is 12.2 Å². The fourth-order valence-corrected chi connectivity index (χ4v) is 2.19. The number of rotatable bonds is 4. The number of hydrogen-bond acceptors (Lipinski definition) is 1. The van der Waals surface area contributed by atoms with E-state index in [4.69, 9.17) is 12.2 Å². The van der Waals surface area contributed by atoms with E-state index in [9.17, 15) is 0 Å². The van der Waals surface area contributed by atoms with Crippen molar-refractivity contribution < 1.29 is 0 Å². The Balaban J connectivity index is 2.72. The van der Waals surface area contributed by atoms with Crippen molar-refractivity contribution in [3.8, 4) is 0 Å². The van der Waals surface area contributed by atoms with Gasteiger partial charge in [-0.2, -0.15) is 0 Å². The highest BCUT2D eigenvalue weighted by atomic mass is 32.1. The van der Waals surface area contributed by atoms with Crippen molar-refractivity contribution in [3.63, 3.8) is 0 Å². The quantitative estimate of drug-likeness (QED) is 0.517. The van der Waals surface area contributed by atoms with Gasteiger partial charge in [0.1, 0.15) is 0 Å². The number of likely N-dealkylation sites (tertiary alicyclic amines) is 1. The van der Waals surface area contributed by atoms with Gasteiger partial charge in [0.15, 0.2) is 0 Å². The predicted octanol–water partition coefficient (Wildman–Crippen LogP) is 3.18. The first-order chi connectivity index (χ1) is 6.64. The molecule has 0 bridgehead atoms. The lowest BCUT2D eigenvalue weighted by Crippen LogP contribution is -2.38. The summed E-state index contributed by atoms with van der Waals surface area (Å²) in [6, 6.07) is 0. The van der Waals surface area contributed by atoms with Crippen LogP contribution in [0, 0.1) is 5.41 Å². The van der Waals surface area contributed by atoms with Gasteiger partial charge in [0.25, 0.3) is 0 Å². The molecule has 0 aromatic rings. The van der Waals surface area contributed by atoms with Gasteiger partial charge in [0, 0.05) is 18.5 Å². The van der Waals surface area contributed by atoms with E-state index >= 15 is 0 Å². The molecule has 0 N–H and O–H groups in total. The summed E-state index contributed by atoms with van der Waals surface area (Å²) >= 11 is 5.52. The molecule has 1 atom stereocenters. The van der Waals surface area contributed by atoms with Gasteiger partial charge in [-0.3, -0.25) is 0 Å². The van der Waals surface area contributed by atoms with Crippen LogP contribution in [0.25, 0.3) is 0 Å². The average molecular weight is 209 g/mol. The second-order valence-corrected chi connectivity index (χ2v) is 4.50. The SMILES string of the molecule is C=CCC(C)(C=C)C(=S)N1CCCC1. The minimum atomic E-state index is -0.0819. The first-order valence-corrected chi connectivity index (χ1v) is 5.59. The van der Waals surface area contributed by atoms with Crippen molar-refractivity contribution in [2.75, 3.05) is 13.1 Å². The second kappa shape index (κ2) is 4.74. The molecule has 0 aromatic heterocycles. The monoisotopic (exact) mass is 209 g/mol. The van der Waals surface area contributed by atoms with Crippen molar-refractivity contribution in [1.29, 1.82) is 0 Å². The summed E-state index contributed by atoms with van der Waals surface area (Å²) in [5.74, 6) is 0. The highest BCUT2D eigenvalue weighted by Gasteiger charge is 2.29. The van der Waals surface area contributed by atoms with Crippen molar-refractivity contribution >= 4 is 17.2 Å². The van der Waals surface area contributed by atoms with Crippen LogP contribution >= 0.6 is 12.2 Å². The van der Waals surface area contributed by atoms with Crippen molar-refractivity contribution in [1.82, 2.24) is 4.90 Å². The molecule has 1 aliphatic rings. The summed E-state index contributed by atoms with van der Waals surface area (Å²) in [6.07, 6.45) is 7.29. The minimum absolute atomic E-state index is 0.0819. The molecular weight excluding hydrogens is 190 g/mol. The van der Waals surface area contributed by atoms with E-state index in [1.165, 1.54) is 12.8 Å². The Morgan fingerprint density at radius 2 is 2.00 bits per heavy atom. The number of hydrogen-bond donors (Lipinski definition) is 0. The lowest BCUT2D eigenvalue weighted by Gasteiger charge is -2.32. The normalized spacial score (nSPS) is 20.2. The minimum Gasteiger partial charge on any atom is -0.365 e. The van der Waals surface area contributed by atoms with Crippen LogP contribution in [0.15, 0.2) is 25.3 Å². The number of nitrogens with zero attached hydrogens (tertiary/aromatic N) is 1. The molecule has 1 heterocycles. The van der Waals surface area contributed by atoms with E-state index in [0.717, 1.165) is 24.5 Å². The predicted molar refractivity (Wildman–Crippen MR) is 66.5 cm³/mol. The largest absolute Gasteiger partial charge is 0.365 e. The zero-order valence-electron chi connectivity index (χ0n) is 8.96. The van der Waals surface area contributed by atoms with E-state index in [2.05, 4.69) is 25.0 Å². The Labute approximate surface area is 92.5 Å². The molecule has 0 amide bonds. The molecule has 2 heteroatoms. The Bertz CT molecular complexity index is 241. The van der Waals surface area contributed by atoms with E-state index < -0.39 is 0 Å². The summed E-state index contributed by atoms with van der Waals surface area (Å²) in [5.41, 5.74) is -0.0819. The van der Waals surface area contributed by atoms with E-state index in [-0.39, 0.29) is 5.41 Å². The number of allylic oxidation sites excluding steroid dienone is 1. The van der Waals surface area contributed by atoms with Crippen molar-refractivity contribution in [2.45, 2.75) is 26.2 Å². The molecule has 1 rings (SSSR count). The molecule has 1 nitrogen and oxygen atoms in total. The van der Waals surface area contributed by atoms with Crippen LogP contribution in [0.2, 0.25) is 0 Å². The topological polar surface area (TPSA) is 3.24 Å². The summed E-state index contributed by atoms with van der Waals surface area (Å²) in [7, 11) is 0. The molecule has 0 radical (unpaired) electrons. The Morgan fingerprint density at radius 1 is 1.43 bits per heavy atom. The van der Waals surface area contributed by atoms with Crippen LogP contribution in [-0.4, -0.2) is 23.0 Å². The maximum Gasteiger partial charge on any atom is 0.0880 e. The zero-order chi connectivity index (χ0) is 10.6. The van der Waals surface area contributed by atoms with Crippen molar-refractivity contribution in [2.24, 2.45) is 5.41 Å². The van der Waals surface area contributed by atoms with Crippen LogP contribution in [0.3, 0.4) is 0 Å². The first-order valence-electron chi connectivity index (χ1n) is 5.18. The van der Waals surface area contributed by atoms with E-state index in [0.29, 0.717) is 0 Å². The van der Waals surface area contributed by atoms with Gasteiger partial charge in [0.2, 0.25) is 0 Å². The fraction of sp³-hybridized carbons (Fsp3) is 0.583. The highest BCUT2D eigenvalue weighted by Crippen LogP contribution is 2.29. The van der Waals surface area contributed by atoms with Crippen LogP contribution in [0.5, 0.6) is 0 Å². The molecule has 0 spiro atoms. The molecule has 78 valence electrons. The van der Waals surface area contributed by atoms with Crippen LogP contribution in [0.4, 0.5) is 0 Å². The molecule has 1 aliphatic heterocycles. The van der Waals surface area contributed by atoms with Gasteiger partial charge < -0.3 is 4.90 Å². The molecule has 1 unspecified atom stereocenters. The summed E-state index contributed by atoms with van der Waals surface area (Å²) < 4.78 is 0. The molecule has 0 aliphatic carbocycles. The van der Waals surface area contributed by atoms with Crippen LogP contribution < -0.4 is 0 Å². The summed E-state index contributed by atoms with van der Waals surface area (Å²) in [5, 5.41) is 0. The molecular formula is C12H19NS. The average Bonchev–Trinajstić information content (AvgIpc) is 2.69. The maximum absolute atomic E-state index is 5.52. The summed E-state index contributed by atoms with van der Waals surface area (Å²) in [4.78, 5) is 3.34. The molecule has 1 fully saturated rings. The third kappa shape index (κ3) is 2.24. The third-order valence-corrected chi connectivity index (χ3v) is 3.63. The van der Waals surface area contributed by atoms with E-state index in [1.54, 1.807) is 0 Å². The third-order valence-electron chi connectivity index (χ3n) is 2.90. The van der Waals surface area contributed by atoms with Crippen LogP contribution in [0.1, 0.15) is 26.2 Å². The highest BCUT2D eigenvalue weighted by molar-refractivity contribution is 7.80. The van der Waals surface area contributed by atoms with Gasteiger partial charge in [-0.1, -0.05) is 24.4 Å². The maximum atomic E-state index is 5.52. The fourth-order valence-electron chi connectivity index (χ4n) is 1.84. The Kier molecular flexibility index (Phi) is 3.87. The Morgan fingerprint density at radius 3 is 2.43 bits per heavy atom. The lowest BCUT2D eigenvalue weighted by atomic mass is 9.86. The van der Waals surface area contributed by atoms with Crippen molar-refractivity contribution in [3.05, 3.63) is 25.3 Å². The Hall–Kier alpha value is -0.630. The summed E-state index contributed by atoms with van der Waals surface area (Å²) in [6.45, 7) is 12.0. The lowest BCUT2D eigenvalue weighted by molar-refractivity contribution is 0.455. The molecule has 0 aromatic carbocycles. The smallest absolute Gasteiger partial charge is 0.0880 e. The molecule has 0 saturated carbocycles.